The lowest BCUT2D eigenvalue weighted by Gasteiger charge is -2.32. The van der Waals surface area contributed by atoms with Gasteiger partial charge in [0.2, 0.25) is 0 Å². The molecule has 1 heterocycles. The Bertz CT molecular complexity index is 402. The Morgan fingerprint density at radius 3 is 2.56 bits per heavy atom. The summed E-state index contributed by atoms with van der Waals surface area (Å²) in [5.74, 6) is 2.10. The van der Waals surface area contributed by atoms with Crippen molar-refractivity contribution in [1.29, 1.82) is 0 Å². The molecule has 2 rings (SSSR count). The lowest BCUT2D eigenvalue weighted by Crippen LogP contribution is -2.24. The molecule has 1 aromatic heterocycles. The first kappa shape index (κ1) is 11.8. The molecule has 2 N–H and O–H groups in total. The van der Waals surface area contributed by atoms with E-state index in [4.69, 9.17) is 12.2 Å². The molecule has 5 heteroatoms. The van der Waals surface area contributed by atoms with E-state index in [1.165, 1.54) is 6.42 Å². The zero-order chi connectivity index (χ0) is 11.7. The van der Waals surface area contributed by atoms with E-state index in [0.29, 0.717) is 16.6 Å². The molecule has 90 valence electrons. The molecule has 2 atom stereocenters. The second-order valence-electron chi connectivity index (χ2n) is 5.04. The van der Waals surface area contributed by atoms with Crippen molar-refractivity contribution in [2.45, 2.75) is 45.8 Å². The molecule has 0 radical (unpaired) electrons. The van der Waals surface area contributed by atoms with Gasteiger partial charge in [0.15, 0.2) is 10.6 Å². The summed E-state index contributed by atoms with van der Waals surface area (Å²) >= 11 is 5.23. The molecule has 0 saturated heterocycles. The molecular formula is C11H19N3OS. The molecule has 0 amide bonds. The first-order chi connectivity index (χ1) is 7.61. The second-order valence-corrected chi connectivity index (χ2v) is 5.43. The van der Waals surface area contributed by atoms with Crippen molar-refractivity contribution in [3.63, 3.8) is 0 Å². The summed E-state index contributed by atoms with van der Waals surface area (Å²) in [6, 6.07) is 0.396. The molecule has 0 aromatic carbocycles. The summed E-state index contributed by atoms with van der Waals surface area (Å²) in [5, 5.41) is 16.1. The lowest BCUT2D eigenvalue weighted by molar-refractivity contribution is 0.202. The third-order valence-electron chi connectivity index (χ3n) is 3.44. The molecule has 16 heavy (non-hydrogen) atoms. The van der Waals surface area contributed by atoms with Crippen LogP contribution < -0.4 is 0 Å². The van der Waals surface area contributed by atoms with E-state index in [1.54, 1.807) is 0 Å². The van der Waals surface area contributed by atoms with Crippen molar-refractivity contribution in [1.82, 2.24) is 14.8 Å². The van der Waals surface area contributed by atoms with Crippen LogP contribution in [0.1, 0.15) is 45.0 Å². The SMILES string of the molecule is CC1CC(C)CC(n2c(CO)n[nH]c2=S)C1. The fourth-order valence-electron chi connectivity index (χ4n) is 2.94. The van der Waals surface area contributed by atoms with E-state index in [2.05, 4.69) is 24.0 Å². The van der Waals surface area contributed by atoms with Crippen molar-refractivity contribution in [3.05, 3.63) is 10.6 Å². The number of hydrogen-bond acceptors (Lipinski definition) is 3. The highest BCUT2D eigenvalue weighted by Crippen LogP contribution is 2.36. The number of aliphatic hydroxyl groups is 1. The Balaban J connectivity index is 2.29. The van der Waals surface area contributed by atoms with Gasteiger partial charge < -0.3 is 5.11 Å². The molecule has 1 aliphatic carbocycles. The summed E-state index contributed by atoms with van der Waals surface area (Å²) in [6.07, 6.45) is 3.55. The average molecular weight is 241 g/mol. The number of aromatic nitrogens is 3. The summed E-state index contributed by atoms with van der Waals surface area (Å²) in [4.78, 5) is 0. The number of aromatic amines is 1. The first-order valence-electron chi connectivity index (χ1n) is 5.88. The zero-order valence-electron chi connectivity index (χ0n) is 9.81. The summed E-state index contributed by atoms with van der Waals surface area (Å²) in [5.41, 5.74) is 0. The van der Waals surface area contributed by atoms with Gasteiger partial charge in [-0.25, -0.2) is 0 Å². The van der Waals surface area contributed by atoms with Crippen molar-refractivity contribution in [2.75, 3.05) is 0 Å². The fraction of sp³-hybridized carbons (Fsp3) is 0.818. The largest absolute Gasteiger partial charge is 0.388 e. The fourth-order valence-corrected chi connectivity index (χ4v) is 3.24. The van der Waals surface area contributed by atoms with Gasteiger partial charge in [-0.1, -0.05) is 13.8 Å². The van der Waals surface area contributed by atoms with Gasteiger partial charge in [0.25, 0.3) is 0 Å². The molecular weight excluding hydrogens is 222 g/mol. The van der Waals surface area contributed by atoms with Crippen LogP contribution in [0.3, 0.4) is 0 Å². The Hall–Kier alpha value is -0.680. The highest BCUT2D eigenvalue weighted by molar-refractivity contribution is 7.71. The Morgan fingerprint density at radius 2 is 2.00 bits per heavy atom. The standard InChI is InChI=1S/C11H19N3OS/c1-7-3-8(2)5-9(4-7)14-10(6-15)12-13-11(14)16/h7-9,15H,3-6H2,1-2H3,(H,13,16). The molecule has 4 nitrogen and oxygen atoms in total. The smallest absolute Gasteiger partial charge is 0.195 e. The molecule has 0 spiro atoms. The van der Waals surface area contributed by atoms with Crippen LogP contribution in [-0.4, -0.2) is 19.9 Å². The van der Waals surface area contributed by atoms with E-state index in [9.17, 15) is 5.11 Å². The number of nitrogens with zero attached hydrogens (tertiary/aromatic N) is 2. The quantitative estimate of drug-likeness (QED) is 0.782. The van der Waals surface area contributed by atoms with Crippen molar-refractivity contribution in [2.24, 2.45) is 11.8 Å². The van der Waals surface area contributed by atoms with Crippen LogP contribution in [0.2, 0.25) is 0 Å². The number of hydrogen-bond donors (Lipinski definition) is 2. The maximum atomic E-state index is 9.24. The second kappa shape index (κ2) is 4.67. The highest BCUT2D eigenvalue weighted by atomic mass is 32.1. The van der Waals surface area contributed by atoms with Crippen LogP contribution in [-0.2, 0) is 6.61 Å². The number of nitrogens with one attached hydrogen (secondary N) is 1. The predicted molar refractivity (Wildman–Crippen MR) is 64.6 cm³/mol. The van der Waals surface area contributed by atoms with Gasteiger partial charge in [-0.2, -0.15) is 5.10 Å². The zero-order valence-corrected chi connectivity index (χ0v) is 10.6. The molecule has 0 bridgehead atoms. The third-order valence-corrected chi connectivity index (χ3v) is 3.73. The van der Waals surface area contributed by atoms with Crippen LogP contribution in [0.15, 0.2) is 0 Å². The van der Waals surface area contributed by atoms with Crippen LogP contribution in [0.25, 0.3) is 0 Å². The predicted octanol–water partition coefficient (Wildman–Crippen LogP) is 2.43. The Labute approximate surface area is 101 Å². The minimum absolute atomic E-state index is 0.0492. The van der Waals surface area contributed by atoms with Gasteiger partial charge in [0, 0.05) is 6.04 Å². The number of aliphatic hydroxyl groups excluding tert-OH is 1. The lowest BCUT2D eigenvalue weighted by atomic mass is 9.80. The molecule has 2 unspecified atom stereocenters. The van der Waals surface area contributed by atoms with Gasteiger partial charge in [0.1, 0.15) is 6.61 Å². The normalized spacial score (nSPS) is 30.6. The van der Waals surface area contributed by atoms with Crippen LogP contribution >= 0.6 is 12.2 Å². The first-order valence-corrected chi connectivity index (χ1v) is 6.29. The summed E-state index contributed by atoms with van der Waals surface area (Å²) < 4.78 is 2.64. The van der Waals surface area contributed by atoms with Crippen molar-refractivity contribution in [3.8, 4) is 0 Å². The van der Waals surface area contributed by atoms with E-state index in [0.717, 1.165) is 24.7 Å². The maximum Gasteiger partial charge on any atom is 0.195 e. The topological polar surface area (TPSA) is 53.8 Å². The molecule has 1 aromatic rings. The minimum Gasteiger partial charge on any atom is -0.388 e. The number of H-pyrrole nitrogens is 1. The minimum atomic E-state index is -0.0492. The molecule has 0 aliphatic heterocycles. The Morgan fingerprint density at radius 1 is 1.38 bits per heavy atom. The van der Waals surface area contributed by atoms with Gasteiger partial charge in [-0.15, -0.1) is 0 Å². The van der Waals surface area contributed by atoms with E-state index < -0.39 is 0 Å². The van der Waals surface area contributed by atoms with E-state index in [-0.39, 0.29) is 6.61 Å². The number of rotatable bonds is 2. The van der Waals surface area contributed by atoms with Gasteiger partial charge in [0.05, 0.1) is 0 Å². The van der Waals surface area contributed by atoms with E-state index >= 15 is 0 Å². The van der Waals surface area contributed by atoms with E-state index in [1.807, 2.05) is 4.57 Å². The van der Waals surface area contributed by atoms with Gasteiger partial charge >= 0.3 is 0 Å². The molecule has 1 fully saturated rings. The van der Waals surface area contributed by atoms with Crippen molar-refractivity contribution >= 4 is 12.2 Å². The Kier molecular flexibility index (Phi) is 3.44. The molecule has 1 saturated carbocycles. The third kappa shape index (κ3) is 2.20. The summed E-state index contributed by atoms with van der Waals surface area (Å²) in [7, 11) is 0. The average Bonchev–Trinajstić information content (AvgIpc) is 2.58. The van der Waals surface area contributed by atoms with Crippen molar-refractivity contribution < 1.29 is 5.11 Å². The summed E-state index contributed by atoms with van der Waals surface area (Å²) in [6.45, 7) is 4.52. The van der Waals surface area contributed by atoms with Gasteiger partial charge in [-0.3, -0.25) is 9.67 Å². The van der Waals surface area contributed by atoms with Crippen LogP contribution in [0.5, 0.6) is 0 Å². The molecule has 1 aliphatic rings. The van der Waals surface area contributed by atoms with Crippen LogP contribution in [0.4, 0.5) is 0 Å². The van der Waals surface area contributed by atoms with Crippen LogP contribution in [0, 0.1) is 16.6 Å². The maximum absolute atomic E-state index is 9.24. The van der Waals surface area contributed by atoms with Gasteiger partial charge in [-0.05, 0) is 43.3 Å². The highest BCUT2D eigenvalue weighted by Gasteiger charge is 2.27. The monoisotopic (exact) mass is 241 g/mol.